The van der Waals surface area contributed by atoms with E-state index in [1.807, 2.05) is 0 Å². The van der Waals surface area contributed by atoms with Crippen molar-refractivity contribution in [3.63, 3.8) is 0 Å². The van der Waals surface area contributed by atoms with E-state index in [1.54, 1.807) is 24.4 Å². The summed E-state index contributed by atoms with van der Waals surface area (Å²) in [6.07, 6.45) is 3.48. The van der Waals surface area contributed by atoms with E-state index in [4.69, 9.17) is 5.11 Å². The molecule has 0 atom stereocenters. The lowest BCUT2D eigenvalue weighted by Gasteiger charge is -2.04. The molecule has 2 aromatic rings. The third-order valence-corrected chi connectivity index (χ3v) is 5.19. The smallest absolute Gasteiger partial charge is 0.271 e. The van der Waals surface area contributed by atoms with Gasteiger partial charge in [0.15, 0.2) is 0 Å². The first-order chi connectivity index (χ1) is 8.62. The Morgan fingerprint density at radius 1 is 1.33 bits per heavy atom. The van der Waals surface area contributed by atoms with Crippen LogP contribution in [0.25, 0.3) is 0 Å². The monoisotopic (exact) mass is 284 g/mol. The second-order valence-electron chi connectivity index (χ2n) is 3.54. The highest BCUT2D eigenvalue weighted by atomic mass is 32.2. The maximum atomic E-state index is 12.0. The molecule has 0 aromatic carbocycles. The van der Waals surface area contributed by atoms with Crippen molar-refractivity contribution < 1.29 is 13.5 Å². The van der Waals surface area contributed by atoms with Crippen LogP contribution in [0.15, 0.2) is 40.9 Å². The van der Waals surface area contributed by atoms with Crippen molar-refractivity contribution in [2.24, 2.45) is 0 Å². The number of rotatable bonds is 5. The summed E-state index contributed by atoms with van der Waals surface area (Å²) in [5.41, 5.74) is 0.426. The number of aliphatic hydroxyl groups is 1. The van der Waals surface area contributed by atoms with Gasteiger partial charge in [-0.2, -0.15) is 0 Å². The number of pyridine rings is 1. The molecule has 0 saturated carbocycles. The number of aliphatic hydroxyl groups excluding tert-OH is 1. The van der Waals surface area contributed by atoms with Gasteiger partial charge in [-0.25, -0.2) is 8.42 Å². The van der Waals surface area contributed by atoms with Crippen LogP contribution in [0.3, 0.4) is 0 Å². The Bertz CT molecular complexity index is 608. The van der Waals surface area contributed by atoms with Gasteiger partial charge in [-0.3, -0.25) is 9.71 Å². The molecule has 2 aromatic heterocycles. The minimum atomic E-state index is -3.56. The van der Waals surface area contributed by atoms with E-state index in [1.165, 1.54) is 12.3 Å². The summed E-state index contributed by atoms with van der Waals surface area (Å²) in [6, 6.07) is 6.53. The Morgan fingerprint density at radius 2 is 2.17 bits per heavy atom. The Labute approximate surface area is 109 Å². The van der Waals surface area contributed by atoms with Crippen molar-refractivity contribution in [3.8, 4) is 0 Å². The Balaban J connectivity index is 2.20. The topological polar surface area (TPSA) is 79.3 Å². The highest BCUT2D eigenvalue weighted by Gasteiger charge is 2.16. The maximum Gasteiger partial charge on any atom is 0.271 e. The van der Waals surface area contributed by atoms with Crippen molar-refractivity contribution in [1.29, 1.82) is 0 Å². The van der Waals surface area contributed by atoms with E-state index in [9.17, 15) is 8.42 Å². The van der Waals surface area contributed by atoms with Crippen LogP contribution in [-0.2, 0) is 16.4 Å². The van der Waals surface area contributed by atoms with Crippen molar-refractivity contribution in [2.75, 3.05) is 11.3 Å². The van der Waals surface area contributed by atoms with Crippen LogP contribution in [0.1, 0.15) is 4.88 Å². The maximum absolute atomic E-state index is 12.0. The molecule has 2 N–H and O–H groups in total. The molecule has 0 radical (unpaired) electrons. The largest absolute Gasteiger partial charge is 0.396 e. The molecule has 0 aliphatic carbocycles. The summed E-state index contributed by atoms with van der Waals surface area (Å²) in [6.45, 7) is 0.00996. The number of aromatic nitrogens is 1. The average Bonchev–Trinajstić information content (AvgIpc) is 2.80. The van der Waals surface area contributed by atoms with Gasteiger partial charge in [-0.1, -0.05) is 0 Å². The molecule has 0 aliphatic heterocycles. The quantitative estimate of drug-likeness (QED) is 0.871. The zero-order valence-electron chi connectivity index (χ0n) is 9.41. The number of hydrogen-bond acceptors (Lipinski definition) is 5. The van der Waals surface area contributed by atoms with Gasteiger partial charge in [0.2, 0.25) is 0 Å². The highest BCUT2D eigenvalue weighted by molar-refractivity contribution is 7.94. The normalized spacial score (nSPS) is 11.4. The molecule has 18 heavy (non-hydrogen) atoms. The minimum Gasteiger partial charge on any atom is -0.396 e. The van der Waals surface area contributed by atoms with Gasteiger partial charge in [0.1, 0.15) is 4.21 Å². The van der Waals surface area contributed by atoms with Gasteiger partial charge in [-0.05, 0) is 24.3 Å². The highest BCUT2D eigenvalue weighted by Crippen LogP contribution is 2.23. The van der Waals surface area contributed by atoms with Crippen LogP contribution in [0, 0.1) is 0 Å². The first kappa shape index (κ1) is 13.0. The molecule has 0 unspecified atom stereocenters. The molecule has 0 fully saturated rings. The van der Waals surface area contributed by atoms with E-state index in [0.717, 1.165) is 16.2 Å². The molecule has 2 heterocycles. The fourth-order valence-corrected chi connectivity index (χ4v) is 3.76. The number of thiophene rings is 1. The SMILES string of the molecule is O=S(=O)(Nc1cccnc1)c1ccc(CCO)s1. The first-order valence-electron chi connectivity index (χ1n) is 5.24. The number of sulfonamides is 1. The first-order valence-corrected chi connectivity index (χ1v) is 7.54. The number of anilines is 1. The van der Waals surface area contributed by atoms with Crippen molar-refractivity contribution in [3.05, 3.63) is 41.5 Å². The summed E-state index contributed by atoms with van der Waals surface area (Å²) in [7, 11) is -3.56. The Kier molecular flexibility index (Phi) is 3.95. The lowest BCUT2D eigenvalue weighted by molar-refractivity contribution is 0.300. The van der Waals surface area contributed by atoms with E-state index in [2.05, 4.69) is 9.71 Å². The zero-order chi connectivity index (χ0) is 13.0. The fraction of sp³-hybridized carbons (Fsp3) is 0.182. The number of nitrogens with zero attached hydrogens (tertiary/aromatic N) is 1. The molecule has 0 amide bonds. The molecule has 0 saturated heterocycles. The van der Waals surface area contributed by atoms with E-state index in [-0.39, 0.29) is 10.8 Å². The lowest BCUT2D eigenvalue weighted by atomic mass is 10.4. The fourth-order valence-electron chi connectivity index (χ4n) is 1.38. The summed E-state index contributed by atoms with van der Waals surface area (Å²) < 4.78 is 26.7. The van der Waals surface area contributed by atoms with Gasteiger partial charge in [0, 0.05) is 24.1 Å². The minimum absolute atomic E-state index is 0.00996. The predicted molar refractivity (Wildman–Crippen MR) is 70.2 cm³/mol. The van der Waals surface area contributed by atoms with Gasteiger partial charge in [0.25, 0.3) is 10.0 Å². The average molecular weight is 284 g/mol. The van der Waals surface area contributed by atoms with Crippen LogP contribution in [0.4, 0.5) is 5.69 Å². The summed E-state index contributed by atoms with van der Waals surface area (Å²) in [5, 5.41) is 8.80. The van der Waals surface area contributed by atoms with E-state index in [0.29, 0.717) is 12.1 Å². The third-order valence-electron chi connectivity index (χ3n) is 2.17. The summed E-state index contributed by atoms with van der Waals surface area (Å²) in [4.78, 5) is 4.68. The Hall–Kier alpha value is -1.44. The van der Waals surface area contributed by atoms with Crippen LogP contribution >= 0.6 is 11.3 Å². The molecule has 0 aliphatic rings. The van der Waals surface area contributed by atoms with Crippen LogP contribution in [-0.4, -0.2) is 25.1 Å². The number of hydrogen-bond donors (Lipinski definition) is 2. The molecule has 0 bridgehead atoms. The van der Waals surface area contributed by atoms with Crippen molar-refractivity contribution in [1.82, 2.24) is 4.98 Å². The van der Waals surface area contributed by atoms with Gasteiger partial charge in [0.05, 0.1) is 11.9 Å². The molecule has 2 rings (SSSR count). The Morgan fingerprint density at radius 3 is 2.83 bits per heavy atom. The zero-order valence-corrected chi connectivity index (χ0v) is 11.0. The standard InChI is InChI=1S/C11H12N2O3S2/c14-7-5-10-3-4-11(17-10)18(15,16)13-9-2-1-6-12-8-9/h1-4,6,8,13-14H,5,7H2. The third kappa shape index (κ3) is 3.06. The van der Waals surface area contributed by atoms with Crippen molar-refractivity contribution in [2.45, 2.75) is 10.6 Å². The van der Waals surface area contributed by atoms with E-state index >= 15 is 0 Å². The van der Waals surface area contributed by atoms with Crippen LogP contribution in [0.2, 0.25) is 0 Å². The van der Waals surface area contributed by atoms with Crippen molar-refractivity contribution >= 4 is 27.0 Å². The van der Waals surface area contributed by atoms with E-state index < -0.39 is 10.0 Å². The van der Waals surface area contributed by atoms with Crippen LogP contribution < -0.4 is 4.72 Å². The predicted octanol–water partition coefficient (Wildman–Crippen LogP) is 1.48. The summed E-state index contributed by atoms with van der Waals surface area (Å²) >= 11 is 1.15. The molecular formula is C11H12N2O3S2. The second kappa shape index (κ2) is 5.47. The van der Waals surface area contributed by atoms with Crippen LogP contribution in [0.5, 0.6) is 0 Å². The second-order valence-corrected chi connectivity index (χ2v) is 6.62. The number of nitrogens with one attached hydrogen (secondary N) is 1. The van der Waals surface area contributed by atoms with Gasteiger partial charge >= 0.3 is 0 Å². The molecule has 0 spiro atoms. The molecule has 7 heteroatoms. The van der Waals surface area contributed by atoms with Gasteiger partial charge in [-0.15, -0.1) is 11.3 Å². The lowest BCUT2D eigenvalue weighted by Crippen LogP contribution is -2.11. The van der Waals surface area contributed by atoms with Gasteiger partial charge < -0.3 is 5.11 Å². The summed E-state index contributed by atoms with van der Waals surface area (Å²) in [5.74, 6) is 0. The molecule has 5 nitrogen and oxygen atoms in total. The molecule has 96 valence electrons. The molecular weight excluding hydrogens is 272 g/mol.